The van der Waals surface area contributed by atoms with E-state index in [9.17, 15) is 9.18 Å². The molecule has 0 fully saturated rings. The Morgan fingerprint density at radius 3 is 2.61 bits per heavy atom. The van der Waals surface area contributed by atoms with E-state index in [1.807, 2.05) is 0 Å². The van der Waals surface area contributed by atoms with Crippen LogP contribution < -0.4 is 0 Å². The summed E-state index contributed by atoms with van der Waals surface area (Å²) in [4.78, 5) is 11.7. The van der Waals surface area contributed by atoms with Crippen LogP contribution in [0.25, 0.3) is 0 Å². The summed E-state index contributed by atoms with van der Waals surface area (Å²) in [7, 11) is 0. The van der Waals surface area contributed by atoms with Gasteiger partial charge >= 0.3 is 0 Å². The molecule has 0 aliphatic heterocycles. The molecule has 0 aliphatic rings. The number of hydrogen-bond acceptors (Lipinski definition) is 1. The van der Waals surface area contributed by atoms with Crippen molar-refractivity contribution in [3.63, 3.8) is 0 Å². The molecule has 1 rings (SSSR count). The number of carbonyl (C=O) groups excluding carboxylic acids is 1. The Hall–Kier alpha value is -0.890. The quantitative estimate of drug-likeness (QED) is 0.611. The van der Waals surface area contributed by atoms with E-state index >= 15 is 0 Å². The number of ketones is 1. The third-order valence-electron chi connectivity index (χ3n) is 2.94. The predicted octanol–water partition coefficient (Wildman–Crippen LogP) is 4.95. The Morgan fingerprint density at radius 2 is 1.94 bits per heavy atom. The number of carbonyl (C=O) groups is 1. The number of rotatable bonds is 8. The van der Waals surface area contributed by atoms with E-state index in [2.05, 4.69) is 6.92 Å². The van der Waals surface area contributed by atoms with Gasteiger partial charge in [-0.15, -0.1) is 0 Å². The molecule has 0 unspecified atom stereocenters. The van der Waals surface area contributed by atoms with Gasteiger partial charge in [0, 0.05) is 12.8 Å². The molecule has 1 aromatic carbocycles. The maximum Gasteiger partial charge on any atom is 0.142 e. The van der Waals surface area contributed by atoms with Crippen LogP contribution in [0.1, 0.15) is 51.0 Å². The van der Waals surface area contributed by atoms with E-state index in [0.29, 0.717) is 18.4 Å². The zero-order valence-corrected chi connectivity index (χ0v) is 11.6. The van der Waals surface area contributed by atoms with Gasteiger partial charge in [-0.3, -0.25) is 4.79 Å². The molecule has 0 radical (unpaired) electrons. The summed E-state index contributed by atoms with van der Waals surface area (Å²) in [6.07, 6.45) is 6.58. The van der Waals surface area contributed by atoms with Crippen molar-refractivity contribution in [3.8, 4) is 0 Å². The van der Waals surface area contributed by atoms with Crippen molar-refractivity contribution in [1.29, 1.82) is 0 Å². The second-order valence-electron chi connectivity index (χ2n) is 4.63. The first kappa shape index (κ1) is 15.2. The minimum absolute atomic E-state index is 0.103. The monoisotopic (exact) mass is 270 g/mol. The first-order chi connectivity index (χ1) is 8.63. The van der Waals surface area contributed by atoms with Crippen LogP contribution in [0.15, 0.2) is 18.2 Å². The van der Waals surface area contributed by atoms with E-state index in [4.69, 9.17) is 11.6 Å². The maximum absolute atomic E-state index is 13.2. The molecule has 0 heterocycles. The molecule has 3 heteroatoms. The fourth-order valence-electron chi connectivity index (χ4n) is 1.89. The molecule has 0 amide bonds. The van der Waals surface area contributed by atoms with Crippen LogP contribution >= 0.6 is 11.6 Å². The van der Waals surface area contributed by atoms with Crippen molar-refractivity contribution in [1.82, 2.24) is 0 Å². The molecular formula is C15H20ClFO. The SMILES string of the molecule is CCCCCCCC(=O)Cc1ccc(Cl)c(F)c1. The highest BCUT2D eigenvalue weighted by atomic mass is 35.5. The van der Waals surface area contributed by atoms with E-state index in [-0.39, 0.29) is 10.8 Å². The normalized spacial score (nSPS) is 10.6. The first-order valence-electron chi connectivity index (χ1n) is 6.59. The van der Waals surface area contributed by atoms with Gasteiger partial charge in [0.25, 0.3) is 0 Å². The van der Waals surface area contributed by atoms with Gasteiger partial charge in [-0.05, 0) is 24.1 Å². The highest BCUT2D eigenvalue weighted by Gasteiger charge is 2.06. The average Bonchev–Trinajstić information content (AvgIpc) is 2.34. The van der Waals surface area contributed by atoms with Gasteiger partial charge in [0.1, 0.15) is 11.6 Å². The fraction of sp³-hybridized carbons (Fsp3) is 0.533. The minimum Gasteiger partial charge on any atom is -0.299 e. The van der Waals surface area contributed by atoms with E-state index in [0.717, 1.165) is 12.8 Å². The van der Waals surface area contributed by atoms with E-state index in [1.165, 1.54) is 31.4 Å². The van der Waals surface area contributed by atoms with Crippen molar-refractivity contribution < 1.29 is 9.18 Å². The number of Topliss-reactive ketones (excluding diaryl/α,β-unsaturated/α-hetero) is 1. The van der Waals surface area contributed by atoms with Gasteiger partial charge in [-0.25, -0.2) is 4.39 Å². The molecule has 0 spiro atoms. The molecular weight excluding hydrogens is 251 g/mol. The molecule has 100 valence electrons. The second kappa shape index (κ2) is 8.25. The van der Waals surface area contributed by atoms with Crippen LogP contribution in [0.3, 0.4) is 0 Å². The van der Waals surface area contributed by atoms with E-state index in [1.54, 1.807) is 6.07 Å². The summed E-state index contributed by atoms with van der Waals surface area (Å²) in [6.45, 7) is 2.17. The van der Waals surface area contributed by atoms with Gasteiger partial charge in [-0.2, -0.15) is 0 Å². The van der Waals surface area contributed by atoms with Gasteiger partial charge in [0.15, 0.2) is 0 Å². The zero-order valence-electron chi connectivity index (χ0n) is 10.8. The molecule has 0 aliphatic carbocycles. The first-order valence-corrected chi connectivity index (χ1v) is 6.97. The number of benzene rings is 1. The predicted molar refractivity (Wildman–Crippen MR) is 73.5 cm³/mol. The molecule has 0 aromatic heterocycles. The van der Waals surface area contributed by atoms with Crippen LogP contribution in [-0.2, 0) is 11.2 Å². The van der Waals surface area contributed by atoms with E-state index < -0.39 is 5.82 Å². The molecule has 0 bridgehead atoms. The Morgan fingerprint density at radius 1 is 1.22 bits per heavy atom. The molecule has 0 saturated carbocycles. The summed E-state index contributed by atoms with van der Waals surface area (Å²) >= 11 is 5.59. The van der Waals surface area contributed by atoms with Crippen LogP contribution in [0.4, 0.5) is 4.39 Å². The van der Waals surface area contributed by atoms with Crippen molar-refractivity contribution in [2.24, 2.45) is 0 Å². The average molecular weight is 271 g/mol. The number of halogens is 2. The van der Waals surface area contributed by atoms with Crippen molar-refractivity contribution >= 4 is 17.4 Å². The Bertz CT molecular complexity index is 390. The number of unbranched alkanes of at least 4 members (excludes halogenated alkanes) is 4. The minimum atomic E-state index is -0.454. The number of hydrogen-bond donors (Lipinski definition) is 0. The summed E-state index contributed by atoms with van der Waals surface area (Å²) in [5.41, 5.74) is 0.704. The topological polar surface area (TPSA) is 17.1 Å². The lowest BCUT2D eigenvalue weighted by molar-refractivity contribution is -0.118. The second-order valence-corrected chi connectivity index (χ2v) is 5.04. The highest BCUT2D eigenvalue weighted by Crippen LogP contribution is 2.16. The van der Waals surface area contributed by atoms with Crippen LogP contribution in [0.2, 0.25) is 5.02 Å². The summed E-state index contributed by atoms with van der Waals surface area (Å²) in [5, 5.41) is 0.103. The standard InChI is InChI=1S/C15H20ClFO/c1-2-3-4-5-6-7-13(18)10-12-8-9-14(16)15(17)11-12/h8-9,11H,2-7,10H2,1H3. The molecule has 0 atom stereocenters. The lowest BCUT2D eigenvalue weighted by Crippen LogP contribution is -2.02. The van der Waals surface area contributed by atoms with Crippen molar-refractivity contribution in [2.45, 2.75) is 51.9 Å². The lowest BCUT2D eigenvalue weighted by atomic mass is 10.0. The van der Waals surface area contributed by atoms with Crippen molar-refractivity contribution in [2.75, 3.05) is 0 Å². The third kappa shape index (κ3) is 5.63. The maximum atomic E-state index is 13.2. The zero-order chi connectivity index (χ0) is 13.4. The van der Waals surface area contributed by atoms with Crippen LogP contribution in [-0.4, -0.2) is 5.78 Å². The molecule has 1 nitrogen and oxygen atoms in total. The lowest BCUT2D eigenvalue weighted by Gasteiger charge is -2.03. The molecule has 18 heavy (non-hydrogen) atoms. The fourth-order valence-corrected chi connectivity index (χ4v) is 2.01. The van der Waals surface area contributed by atoms with Crippen LogP contribution in [0.5, 0.6) is 0 Å². The molecule has 0 N–H and O–H groups in total. The third-order valence-corrected chi connectivity index (χ3v) is 3.25. The van der Waals surface area contributed by atoms with Gasteiger partial charge in [0.05, 0.1) is 5.02 Å². The Kier molecular flexibility index (Phi) is 6.96. The summed E-state index contributed by atoms with van der Waals surface area (Å²) < 4.78 is 13.2. The largest absolute Gasteiger partial charge is 0.299 e. The van der Waals surface area contributed by atoms with Gasteiger partial charge < -0.3 is 0 Å². The highest BCUT2D eigenvalue weighted by molar-refractivity contribution is 6.30. The smallest absolute Gasteiger partial charge is 0.142 e. The Balaban J connectivity index is 2.29. The Labute approximate surface area is 113 Å². The summed E-state index contributed by atoms with van der Waals surface area (Å²) in [6, 6.07) is 4.55. The van der Waals surface area contributed by atoms with Gasteiger partial charge in [-0.1, -0.05) is 50.3 Å². The van der Waals surface area contributed by atoms with Crippen LogP contribution in [0, 0.1) is 5.82 Å². The summed E-state index contributed by atoms with van der Waals surface area (Å²) in [5.74, 6) is -0.280. The molecule has 1 aromatic rings. The molecule has 0 saturated heterocycles. The van der Waals surface area contributed by atoms with Gasteiger partial charge in [0.2, 0.25) is 0 Å². The van der Waals surface area contributed by atoms with Crippen molar-refractivity contribution in [3.05, 3.63) is 34.6 Å².